The Morgan fingerprint density at radius 3 is 2.53 bits per heavy atom. The molecule has 0 aliphatic heterocycles. The van der Waals surface area contributed by atoms with E-state index in [1.165, 1.54) is 18.1 Å². The van der Waals surface area contributed by atoms with Gasteiger partial charge in [0.2, 0.25) is 0 Å². The number of methoxy groups -OCH3 is 1. The van der Waals surface area contributed by atoms with Crippen molar-refractivity contribution >= 4 is 35.8 Å². The first-order chi connectivity index (χ1) is 14.8. The van der Waals surface area contributed by atoms with Crippen LogP contribution >= 0.6 is 24.0 Å². The van der Waals surface area contributed by atoms with E-state index in [9.17, 15) is 13.6 Å². The highest BCUT2D eigenvalue weighted by atomic mass is 127. The number of aliphatic imine (C=N–C) groups is 1. The molecule has 2 aromatic rings. The van der Waals surface area contributed by atoms with Crippen LogP contribution in [0.25, 0.3) is 0 Å². The number of nitrogens with zero attached hydrogens (tertiary/aromatic N) is 2. The molecule has 1 amide bonds. The summed E-state index contributed by atoms with van der Waals surface area (Å²) in [6.45, 7) is -2.14. The van der Waals surface area contributed by atoms with Crippen LogP contribution in [0, 0.1) is 0 Å². The molecule has 0 radical (unpaired) electrons. The Morgan fingerprint density at radius 1 is 1.16 bits per heavy atom. The fourth-order valence-corrected chi connectivity index (χ4v) is 2.87. The molecule has 176 valence electrons. The summed E-state index contributed by atoms with van der Waals surface area (Å²) >= 11 is 0. The first kappa shape index (κ1) is 27.4. The smallest absolute Gasteiger partial charge is 0.387 e. The Balaban J connectivity index is 0.00000512. The number of halogens is 3. The molecule has 0 heterocycles. The molecule has 2 rings (SSSR count). The summed E-state index contributed by atoms with van der Waals surface area (Å²) in [5.74, 6) is 1.06. The molecule has 0 unspecified atom stereocenters. The lowest BCUT2D eigenvalue weighted by Crippen LogP contribution is -2.38. The quantitative estimate of drug-likeness (QED) is 0.278. The van der Waals surface area contributed by atoms with Gasteiger partial charge in [0.25, 0.3) is 5.91 Å². The highest BCUT2D eigenvalue weighted by molar-refractivity contribution is 14.0. The first-order valence-corrected chi connectivity index (χ1v) is 9.71. The number of ether oxygens (including phenoxy) is 2. The molecule has 0 saturated carbocycles. The minimum Gasteiger partial charge on any atom is -0.497 e. The molecule has 0 atom stereocenters. The van der Waals surface area contributed by atoms with Gasteiger partial charge in [0, 0.05) is 45.4 Å². The van der Waals surface area contributed by atoms with E-state index in [2.05, 4.69) is 20.4 Å². The summed E-state index contributed by atoms with van der Waals surface area (Å²) in [6, 6.07) is 12.1. The highest BCUT2D eigenvalue weighted by Gasteiger charge is 2.12. The molecule has 2 N–H and O–H groups in total. The summed E-state index contributed by atoms with van der Waals surface area (Å²) in [7, 11) is 6.55. The van der Waals surface area contributed by atoms with Gasteiger partial charge in [-0.3, -0.25) is 9.79 Å². The fourth-order valence-electron chi connectivity index (χ4n) is 2.87. The zero-order chi connectivity index (χ0) is 22.8. The van der Waals surface area contributed by atoms with Crippen LogP contribution in [-0.4, -0.2) is 58.2 Å². The third-order valence-corrected chi connectivity index (χ3v) is 4.44. The Bertz CT molecular complexity index is 910. The summed E-state index contributed by atoms with van der Waals surface area (Å²) in [5.41, 5.74) is 2.16. The van der Waals surface area contributed by atoms with Gasteiger partial charge in [-0.1, -0.05) is 12.1 Å². The number of rotatable bonds is 9. The molecule has 0 aromatic heterocycles. The van der Waals surface area contributed by atoms with Gasteiger partial charge in [0.05, 0.1) is 7.11 Å². The van der Waals surface area contributed by atoms with Crippen LogP contribution in [0.1, 0.15) is 21.5 Å². The molecule has 32 heavy (non-hydrogen) atoms. The topological polar surface area (TPSA) is 75.2 Å². The standard InChI is InChI=1S/C22H28F2N4O3.HI/c1-25-22(26-11-10-15-6-5-7-16(12-15)20(29)28(2)3)27-14-17-13-18(30-4)8-9-19(17)31-21(23)24;/h5-9,12-13,21H,10-11,14H2,1-4H3,(H2,25,26,27);1H. The van der Waals surface area contributed by atoms with E-state index >= 15 is 0 Å². The second-order valence-corrected chi connectivity index (χ2v) is 6.85. The van der Waals surface area contributed by atoms with Crippen LogP contribution in [0.4, 0.5) is 8.78 Å². The third-order valence-electron chi connectivity index (χ3n) is 4.44. The van der Waals surface area contributed by atoms with Crippen molar-refractivity contribution in [2.75, 3.05) is 34.8 Å². The molecular formula is C22H29F2IN4O3. The van der Waals surface area contributed by atoms with E-state index < -0.39 is 6.61 Å². The lowest BCUT2D eigenvalue weighted by Gasteiger charge is -2.15. The number of carbonyl (C=O) groups excluding carboxylic acids is 1. The molecule has 10 heteroatoms. The van der Waals surface area contributed by atoms with Crippen molar-refractivity contribution < 1.29 is 23.0 Å². The van der Waals surface area contributed by atoms with Gasteiger partial charge in [0.15, 0.2) is 5.96 Å². The predicted octanol–water partition coefficient (Wildman–Crippen LogP) is 3.52. The maximum absolute atomic E-state index is 12.7. The zero-order valence-corrected chi connectivity index (χ0v) is 20.9. The monoisotopic (exact) mass is 562 g/mol. The number of alkyl halides is 2. The number of benzene rings is 2. The van der Waals surface area contributed by atoms with Crippen molar-refractivity contribution in [2.45, 2.75) is 19.6 Å². The minimum absolute atomic E-state index is 0. The second kappa shape index (κ2) is 13.7. The summed E-state index contributed by atoms with van der Waals surface area (Å²) < 4.78 is 35.1. The fraction of sp³-hybridized carbons (Fsp3) is 0.364. The van der Waals surface area contributed by atoms with Crippen molar-refractivity contribution in [1.82, 2.24) is 15.5 Å². The third kappa shape index (κ3) is 8.48. The van der Waals surface area contributed by atoms with Crippen LogP contribution in [0.2, 0.25) is 0 Å². The van der Waals surface area contributed by atoms with Crippen molar-refractivity contribution in [3.63, 3.8) is 0 Å². The summed E-state index contributed by atoms with van der Waals surface area (Å²) in [5, 5.41) is 6.25. The Kier molecular flexibility index (Phi) is 11.7. The maximum Gasteiger partial charge on any atom is 0.387 e. The van der Waals surface area contributed by atoms with Gasteiger partial charge in [0.1, 0.15) is 11.5 Å². The lowest BCUT2D eigenvalue weighted by atomic mass is 10.1. The van der Waals surface area contributed by atoms with Gasteiger partial charge in [-0.25, -0.2) is 0 Å². The van der Waals surface area contributed by atoms with E-state index in [0.29, 0.717) is 35.8 Å². The molecule has 0 spiro atoms. The Hall–Kier alpha value is -2.63. The normalized spacial score (nSPS) is 10.9. The molecule has 7 nitrogen and oxygen atoms in total. The maximum atomic E-state index is 12.7. The average Bonchev–Trinajstić information content (AvgIpc) is 2.76. The highest BCUT2D eigenvalue weighted by Crippen LogP contribution is 2.25. The largest absolute Gasteiger partial charge is 0.497 e. The van der Waals surface area contributed by atoms with Crippen molar-refractivity contribution in [3.05, 3.63) is 59.2 Å². The second-order valence-electron chi connectivity index (χ2n) is 6.85. The van der Waals surface area contributed by atoms with E-state index in [1.807, 2.05) is 18.2 Å². The summed E-state index contributed by atoms with van der Waals surface area (Å²) in [6.07, 6.45) is 0.675. The Labute approximate surface area is 204 Å². The van der Waals surface area contributed by atoms with Gasteiger partial charge in [-0.05, 0) is 42.3 Å². The number of hydrogen-bond acceptors (Lipinski definition) is 4. The average molecular weight is 562 g/mol. The van der Waals surface area contributed by atoms with E-state index in [0.717, 1.165) is 5.56 Å². The van der Waals surface area contributed by atoms with Gasteiger partial charge in [-0.2, -0.15) is 8.78 Å². The zero-order valence-electron chi connectivity index (χ0n) is 18.5. The minimum atomic E-state index is -2.92. The molecule has 0 saturated heterocycles. The van der Waals surface area contributed by atoms with Crippen LogP contribution in [0.5, 0.6) is 11.5 Å². The molecule has 0 aliphatic carbocycles. The number of amides is 1. The van der Waals surface area contributed by atoms with Gasteiger partial charge in [-0.15, -0.1) is 24.0 Å². The number of carbonyl (C=O) groups is 1. The Morgan fingerprint density at radius 2 is 1.91 bits per heavy atom. The van der Waals surface area contributed by atoms with Gasteiger partial charge >= 0.3 is 6.61 Å². The van der Waals surface area contributed by atoms with Crippen LogP contribution in [0.15, 0.2) is 47.5 Å². The molecule has 0 aliphatic rings. The van der Waals surface area contributed by atoms with Crippen molar-refractivity contribution in [2.24, 2.45) is 4.99 Å². The van der Waals surface area contributed by atoms with Gasteiger partial charge < -0.3 is 25.0 Å². The van der Waals surface area contributed by atoms with Crippen LogP contribution in [0.3, 0.4) is 0 Å². The lowest BCUT2D eigenvalue weighted by molar-refractivity contribution is -0.0505. The van der Waals surface area contributed by atoms with E-state index in [-0.39, 0.29) is 42.2 Å². The van der Waals surface area contributed by atoms with Crippen molar-refractivity contribution in [3.8, 4) is 11.5 Å². The van der Waals surface area contributed by atoms with E-state index in [4.69, 9.17) is 4.74 Å². The number of nitrogens with one attached hydrogen (secondary N) is 2. The molecule has 2 aromatic carbocycles. The van der Waals surface area contributed by atoms with Crippen LogP contribution < -0.4 is 20.1 Å². The predicted molar refractivity (Wildman–Crippen MR) is 131 cm³/mol. The molecule has 0 fully saturated rings. The van der Waals surface area contributed by atoms with Crippen molar-refractivity contribution in [1.29, 1.82) is 0 Å². The SMILES string of the molecule is CN=C(NCCc1cccc(C(=O)N(C)C)c1)NCc1cc(OC)ccc1OC(F)F.I. The summed E-state index contributed by atoms with van der Waals surface area (Å²) in [4.78, 5) is 17.8. The first-order valence-electron chi connectivity index (χ1n) is 9.71. The number of hydrogen-bond donors (Lipinski definition) is 2. The molecular weight excluding hydrogens is 533 g/mol. The van der Waals surface area contributed by atoms with E-state index in [1.54, 1.807) is 39.3 Å². The molecule has 0 bridgehead atoms. The number of guanidine groups is 1. The van der Waals surface area contributed by atoms with Crippen LogP contribution in [-0.2, 0) is 13.0 Å².